The van der Waals surface area contributed by atoms with Gasteiger partial charge in [0, 0.05) is 30.2 Å². The molecule has 0 spiro atoms. The van der Waals surface area contributed by atoms with Crippen molar-refractivity contribution in [2.24, 2.45) is 0 Å². The van der Waals surface area contributed by atoms with Gasteiger partial charge in [-0.05, 0) is 24.6 Å². The number of morpholine rings is 1. The standard InChI is InChI=1S/C14H20ClNO2.ClH/c1-2-7-18-14-4-3-13(15)10-12(14)11-16-5-8-17-9-6-16;/h3-4,10H,2,5-9,11H2,1H3;1H/p-1. The summed E-state index contributed by atoms with van der Waals surface area (Å²) in [6.45, 7) is 7.30. The third kappa shape index (κ3) is 5.19. The Balaban J connectivity index is 0.00000180. The van der Waals surface area contributed by atoms with E-state index in [9.17, 15) is 0 Å². The Bertz CT molecular complexity index is 382. The van der Waals surface area contributed by atoms with Crippen molar-refractivity contribution in [2.75, 3.05) is 32.9 Å². The van der Waals surface area contributed by atoms with Crippen LogP contribution >= 0.6 is 11.6 Å². The minimum Gasteiger partial charge on any atom is -1.00 e. The summed E-state index contributed by atoms with van der Waals surface area (Å²) in [5, 5.41) is 0.766. The Hall–Kier alpha value is -0.480. The fourth-order valence-corrected chi connectivity index (χ4v) is 2.22. The molecule has 0 bridgehead atoms. The van der Waals surface area contributed by atoms with E-state index < -0.39 is 0 Å². The quantitative estimate of drug-likeness (QED) is 0.762. The zero-order chi connectivity index (χ0) is 12.8. The molecule has 1 aliphatic rings. The van der Waals surface area contributed by atoms with Crippen LogP contribution in [-0.2, 0) is 11.3 Å². The van der Waals surface area contributed by atoms with Crippen molar-refractivity contribution in [3.8, 4) is 5.75 Å². The molecular formula is C14H20Cl2NO2-. The Morgan fingerprint density at radius 3 is 2.74 bits per heavy atom. The van der Waals surface area contributed by atoms with Gasteiger partial charge < -0.3 is 21.9 Å². The van der Waals surface area contributed by atoms with Gasteiger partial charge in [0.05, 0.1) is 19.8 Å². The average Bonchev–Trinajstić information content (AvgIpc) is 2.39. The molecule has 0 radical (unpaired) electrons. The molecular weight excluding hydrogens is 285 g/mol. The van der Waals surface area contributed by atoms with Crippen molar-refractivity contribution >= 4 is 11.6 Å². The maximum atomic E-state index is 6.07. The first-order valence-electron chi connectivity index (χ1n) is 6.51. The molecule has 1 aromatic rings. The molecule has 108 valence electrons. The van der Waals surface area contributed by atoms with Crippen molar-refractivity contribution in [3.05, 3.63) is 28.8 Å². The van der Waals surface area contributed by atoms with E-state index in [1.54, 1.807) is 0 Å². The first-order chi connectivity index (χ1) is 8.79. The molecule has 0 aromatic heterocycles. The summed E-state index contributed by atoms with van der Waals surface area (Å²) >= 11 is 6.07. The molecule has 0 atom stereocenters. The summed E-state index contributed by atoms with van der Waals surface area (Å²) in [6.07, 6.45) is 1.01. The second-order valence-electron chi connectivity index (χ2n) is 4.49. The molecule has 19 heavy (non-hydrogen) atoms. The largest absolute Gasteiger partial charge is 1.00 e. The molecule has 1 aromatic carbocycles. The van der Waals surface area contributed by atoms with Gasteiger partial charge in [-0.2, -0.15) is 0 Å². The van der Waals surface area contributed by atoms with Crippen molar-refractivity contribution in [2.45, 2.75) is 19.9 Å². The number of ether oxygens (including phenoxy) is 2. The lowest BCUT2D eigenvalue weighted by atomic mass is 10.2. The number of hydrogen-bond donors (Lipinski definition) is 0. The van der Waals surface area contributed by atoms with Crippen molar-refractivity contribution in [1.29, 1.82) is 0 Å². The summed E-state index contributed by atoms with van der Waals surface area (Å²) in [4.78, 5) is 2.37. The highest BCUT2D eigenvalue weighted by Crippen LogP contribution is 2.24. The molecule has 1 heterocycles. The van der Waals surface area contributed by atoms with Crippen LogP contribution in [0.1, 0.15) is 18.9 Å². The average molecular weight is 305 g/mol. The van der Waals surface area contributed by atoms with E-state index in [-0.39, 0.29) is 12.4 Å². The predicted octanol–water partition coefficient (Wildman–Crippen LogP) is -0.0350. The summed E-state index contributed by atoms with van der Waals surface area (Å²) in [5.74, 6) is 0.952. The van der Waals surface area contributed by atoms with Crippen LogP contribution in [0.25, 0.3) is 0 Å². The van der Waals surface area contributed by atoms with E-state index in [4.69, 9.17) is 21.1 Å². The third-order valence-corrected chi connectivity index (χ3v) is 3.22. The normalized spacial score (nSPS) is 15.9. The summed E-state index contributed by atoms with van der Waals surface area (Å²) in [6, 6.07) is 5.85. The fraction of sp³-hybridized carbons (Fsp3) is 0.571. The second-order valence-corrected chi connectivity index (χ2v) is 4.93. The van der Waals surface area contributed by atoms with Gasteiger partial charge in [0.1, 0.15) is 5.75 Å². The first kappa shape index (κ1) is 16.6. The van der Waals surface area contributed by atoms with Gasteiger partial charge in [0.25, 0.3) is 0 Å². The van der Waals surface area contributed by atoms with Gasteiger partial charge in [-0.1, -0.05) is 18.5 Å². The van der Waals surface area contributed by atoms with Gasteiger partial charge in [0.15, 0.2) is 0 Å². The number of halogens is 2. The minimum absolute atomic E-state index is 0. The molecule has 0 amide bonds. The van der Waals surface area contributed by atoms with Crippen molar-refractivity contribution in [3.63, 3.8) is 0 Å². The Labute approximate surface area is 126 Å². The summed E-state index contributed by atoms with van der Waals surface area (Å²) in [5.41, 5.74) is 1.16. The molecule has 0 N–H and O–H groups in total. The van der Waals surface area contributed by atoms with E-state index in [0.717, 1.165) is 62.2 Å². The Morgan fingerprint density at radius 1 is 1.32 bits per heavy atom. The van der Waals surface area contributed by atoms with Crippen LogP contribution in [0.5, 0.6) is 5.75 Å². The van der Waals surface area contributed by atoms with Crippen LogP contribution in [0.15, 0.2) is 18.2 Å². The van der Waals surface area contributed by atoms with E-state index in [2.05, 4.69) is 11.8 Å². The van der Waals surface area contributed by atoms with Gasteiger partial charge in [-0.3, -0.25) is 4.90 Å². The number of nitrogens with zero attached hydrogens (tertiary/aromatic N) is 1. The second kappa shape index (κ2) is 8.64. The van der Waals surface area contributed by atoms with Crippen LogP contribution < -0.4 is 17.1 Å². The van der Waals surface area contributed by atoms with Crippen LogP contribution in [-0.4, -0.2) is 37.8 Å². The maximum absolute atomic E-state index is 6.07. The van der Waals surface area contributed by atoms with Crippen molar-refractivity contribution < 1.29 is 21.9 Å². The lowest BCUT2D eigenvalue weighted by Gasteiger charge is -2.27. The molecule has 1 fully saturated rings. The lowest BCUT2D eigenvalue weighted by Crippen LogP contribution is -3.00. The third-order valence-electron chi connectivity index (χ3n) is 2.98. The van der Waals surface area contributed by atoms with E-state index in [1.807, 2.05) is 18.2 Å². The Morgan fingerprint density at radius 2 is 2.05 bits per heavy atom. The van der Waals surface area contributed by atoms with Crippen LogP contribution in [0.2, 0.25) is 5.02 Å². The summed E-state index contributed by atoms with van der Waals surface area (Å²) < 4.78 is 11.1. The first-order valence-corrected chi connectivity index (χ1v) is 6.88. The molecule has 0 unspecified atom stereocenters. The molecule has 0 aliphatic carbocycles. The minimum atomic E-state index is 0. The van der Waals surface area contributed by atoms with E-state index in [0.29, 0.717) is 0 Å². The number of rotatable bonds is 5. The Kier molecular flexibility index (Phi) is 7.54. The maximum Gasteiger partial charge on any atom is 0.123 e. The van der Waals surface area contributed by atoms with Crippen molar-refractivity contribution in [1.82, 2.24) is 4.90 Å². The number of hydrogen-bond acceptors (Lipinski definition) is 3. The monoisotopic (exact) mass is 304 g/mol. The molecule has 1 saturated heterocycles. The fourth-order valence-electron chi connectivity index (χ4n) is 2.02. The highest BCUT2D eigenvalue weighted by Gasteiger charge is 2.13. The van der Waals surface area contributed by atoms with Gasteiger partial charge in [-0.25, -0.2) is 0 Å². The topological polar surface area (TPSA) is 21.7 Å². The molecule has 1 aliphatic heterocycles. The van der Waals surface area contributed by atoms with Gasteiger partial charge in [0.2, 0.25) is 0 Å². The molecule has 5 heteroatoms. The zero-order valence-electron chi connectivity index (χ0n) is 11.2. The molecule has 3 nitrogen and oxygen atoms in total. The zero-order valence-corrected chi connectivity index (χ0v) is 12.7. The number of benzene rings is 1. The highest BCUT2D eigenvalue weighted by atomic mass is 35.5. The van der Waals surface area contributed by atoms with Crippen LogP contribution in [0.4, 0.5) is 0 Å². The predicted molar refractivity (Wildman–Crippen MR) is 73.3 cm³/mol. The van der Waals surface area contributed by atoms with Crippen LogP contribution in [0, 0.1) is 0 Å². The van der Waals surface area contributed by atoms with Gasteiger partial charge in [-0.15, -0.1) is 0 Å². The summed E-state index contributed by atoms with van der Waals surface area (Å²) in [7, 11) is 0. The SMILES string of the molecule is CCCOc1ccc(Cl)cc1CN1CCOCC1.[Cl-]. The van der Waals surface area contributed by atoms with E-state index in [1.165, 1.54) is 0 Å². The van der Waals surface area contributed by atoms with Crippen LogP contribution in [0.3, 0.4) is 0 Å². The smallest absolute Gasteiger partial charge is 0.123 e. The lowest BCUT2D eigenvalue weighted by molar-refractivity contribution is -0.00000595. The van der Waals surface area contributed by atoms with Gasteiger partial charge >= 0.3 is 0 Å². The van der Waals surface area contributed by atoms with E-state index >= 15 is 0 Å². The highest BCUT2D eigenvalue weighted by molar-refractivity contribution is 6.30. The molecule has 2 rings (SSSR count). The molecule has 0 saturated carbocycles.